The zero-order valence-corrected chi connectivity index (χ0v) is 21.6. The first kappa shape index (κ1) is 25.0. The molecule has 7 nitrogen and oxygen atoms in total. The van der Waals surface area contributed by atoms with Gasteiger partial charge in [-0.2, -0.15) is 0 Å². The second kappa shape index (κ2) is 9.53. The van der Waals surface area contributed by atoms with Gasteiger partial charge in [0.15, 0.2) is 0 Å². The Morgan fingerprint density at radius 2 is 1.71 bits per heavy atom. The molecule has 35 heavy (non-hydrogen) atoms. The number of halogens is 2. The zero-order chi connectivity index (χ0) is 25.5. The van der Waals surface area contributed by atoms with E-state index in [2.05, 4.69) is 10.6 Å². The Hall–Kier alpha value is -3.07. The largest absolute Gasteiger partial charge is 0.326 e. The highest BCUT2D eigenvalue weighted by molar-refractivity contribution is 7.93. The van der Waals surface area contributed by atoms with Crippen LogP contribution < -0.4 is 14.9 Å². The van der Waals surface area contributed by atoms with Gasteiger partial charge in [0.1, 0.15) is 6.04 Å². The highest BCUT2D eigenvalue weighted by atomic mass is 35.5. The van der Waals surface area contributed by atoms with Crippen molar-refractivity contribution in [3.63, 3.8) is 0 Å². The first-order valence-electron chi connectivity index (χ1n) is 10.8. The molecule has 1 unspecified atom stereocenters. The minimum atomic E-state index is -4.25. The number of para-hydroxylation sites is 2. The third-order valence-corrected chi connectivity index (χ3v) is 8.44. The van der Waals surface area contributed by atoms with Gasteiger partial charge in [0.25, 0.3) is 10.0 Å². The second-order valence-electron chi connectivity index (χ2n) is 8.40. The Balaban J connectivity index is 1.77. The van der Waals surface area contributed by atoms with E-state index in [1.807, 2.05) is 0 Å². The van der Waals surface area contributed by atoms with Gasteiger partial charge in [-0.3, -0.25) is 13.9 Å². The van der Waals surface area contributed by atoms with E-state index in [9.17, 15) is 18.0 Å². The lowest BCUT2D eigenvalue weighted by molar-refractivity contribution is -0.122. The lowest BCUT2D eigenvalue weighted by Gasteiger charge is -2.37. The number of hydrogen-bond acceptors (Lipinski definition) is 4. The van der Waals surface area contributed by atoms with Crippen molar-refractivity contribution in [1.82, 2.24) is 0 Å². The van der Waals surface area contributed by atoms with E-state index < -0.39 is 34.3 Å². The van der Waals surface area contributed by atoms with Gasteiger partial charge in [0.2, 0.25) is 11.8 Å². The number of aryl methyl sites for hydroxylation is 3. The molecule has 0 aliphatic carbocycles. The average Bonchev–Trinajstić information content (AvgIpc) is 2.78. The highest BCUT2D eigenvalue weighted by Crippen LogP contribution is 2.38. The first-order valence-corrected chi connectivity index (χ1v) is 13.0. The second-order valence-corrected chi connectivity index (χ2v) is 11.0. The third-order valence-electron chi connectivity index (χ3n) is 5.83. The SMILES string of the molecule is Cc1cc(S(=O)(=O)N2c3ccccc3NC(=O)C2CC(=O)Nc2cc(Cl)ccc2C)c(C)cc1Cl. The minimum absolute atomic E-state index is 0.0139. The number of amides is 2. The Labute approximate surface area is 214 Å². The van der Waals surface area contributed by atoms with Crippen LogP contribution in [-0.4, -0.2) is 26.3 Å². The molecule has 1 aliphatic rings. The predicted octanol–water partition coefficient (Wildman–Crippen LogP) is 5.46. The molecule has 4 rings (SSSR count). The maximum atomic E-state index is 14.0. The molecule has 1 atom stereocenters. The summed E-state index contributed by atoms with van der Waals surface area (Å²) in [4.78, 5) is 26.1. The molecular weight excluding hydrogens is 509 g/mol. The number of nitrogens with zero attached hydrogens (tertiary/aromatic N) is 1. The monoisotopic (exact) mass is 531 g/mol. The number of fused-ring (bicyclic) bond motifs is 1. The number of carbonyl (C=O) groups is 2. The molecule has 1 aliphatic heterocycles. The predicted molar refractivity (Wildman–Crippen MR) is 139 cm³/mol. The van der Waals surface area contributed by atoms with Crippen LogP contribution >= 0.6 is 23.2 Å². The number of nitrogens with one attached hydrogen (secondary N) is 2. The van der Waals surface area contributed by atoms with E-state index in [0.29, 0.717) is 32.5 Å². The summed E-state index contributed by atoms with van der Waals surface area (Å²) in [6.45, 7) is 5.14. The van der Waals surface area contributed by atoms with Crippen LogP contribution in [0.15, 0.2) is 59.5 Å². The molecule has 0 spiro atoms. The molecule has 0 aromatic heterocycles. The Morgan fingerprint density at radius 3 is 2.46 bits per heavy atom. The van der Waals surface area contributed by atoms with E-state index in [1.165, 1.54) is 6.07 Å². The van der Waals surface area contributed by atoms with Crippen LogP contribution in [0.1, 0.15) is 23.1 Å². The van der Waals surface area contributed by atoms with Crippen LogP contribution in [0.4, 0.5) is 17.1 Å². The van der Waals surface area contributed by atoms with Gasteiger partial charge in [-0.1, -0.05) is 41.4 Å². The van der Waals surface area contributed by atoms with E-state index >= 15 is 0 Å². The summed E-state index contributed by atoms with van der Waals surface area (Å²) in [5, 5.41) is 6.34. The van der Waals surface area contributed by atoms with Crippen molar-refractivity contribution in [3.8, 4) is 0 Å². The standard InChI is InChI=1S/C25H23Cl2N3O4S/c1-14-8-9-17(26)12-20(14)28-24(31)13-22-25(32)29-19-6-4-5-7-21(19)30(22)35(33,34)23-11-15(2)18(27)10-16(23)3/h4-12,22H,13H2,1-3H3,(H,28,31)(H,29,32). The molecule has 0 radical (unpaired) electrons. The molecule has 1 heterocycles. The number of benzene rings is 3. The van der Waals surface area contributed by atoms with Crippen LogP contribution in [0.5, 0.6) is 0 Å². The fourth-order valence-corrected chi connectivity index (χ4v) is 6.30. The van der Waals surface area contributed by atoms with E-state index in [0.717, 1.165) is 9.87 Å². The van der Waals surface area contributed by atoms with Crippen molar-refractivity contribution < 1.29 is 18.0 Å². The average molecular weight is 532 g/mol. The molecule has 0 bridgehead atoms. The van der Waals surface area contributed by atoms with Crippen molar-refractivity contribution in [2.24, 2.45) is 0 Å². The molecule has 2 amide bonds. The number of carbonyl (C=O) groups excluding carboxylic acids is 2. The van der Waals surface area contributed by atoms with Crippen molar-refractivity contribution in [1.29, 1.82) is 0 Å². The van der Waals surface area contributed by atoms with Crippen LogP contribution in [0.3, 0.4) is 0 Å². The molecule has 0 saturated heterocycles. The minimum Gasteiger partial charge on any atom is -0.326 e. The van der Waals surface area contributed by atoms with E-state index in [-0.39, 0.29) is 10.6 Å². The summed E-state index contributed by atoms with van der Waals surface area (Å²) in [7, 11) is -4.25. The zero-order valence-electron chi connectivity index (χ0n) is 19.2. The van der Waals surface area contributed by atoms with Gasteiger partial charge in [0, 0.05) is 15.7 Å². The molecule has 3 aromatic carbocycles. The molecule has 182 valence electrons. The molecule has 0 saturated carbocycles. The first-order chi connectivity index (χ1) is 16.5. The topological polar surface area (TPSA) is 95.6 Å². The van der Waals surface area contributed by atoms with Crippen molar-refractivity contribution >= 4 is 62.1 Å². The van der Waals surface area contributed by atoms with Gasteiger partial charge in [-0.05, 0) is 73.9 Å². The summed E-state index contributed by atoms with van der Waals surface area (Å²) in [5.41, 5.74) is 2.89. The van der Waals surface area contributed by atoms with Gasteiger partial charge < -0.3 is 10.6 Å². The van der Waals surface area contributed by atoms with Crippen LogP contribution in [0, 0.1) is 20.8 Å². The van der Waals surface area contributed by atoms with Gasteiger partial charge in [0.05, 0.1) is 22.7 Å². The van der Waals surface area contributed by atoms with Gasteiger partial charge in [-0.25, -0.2) is 8.42 Å². The lowest BCUT2D eigenvalue weighted by atomic mass is 10.1. The number of hydrogen-bond donors (Lipinski definition) is 2. The normalized spacial score (nSPS) is 15.4. The van der Waals surface area contributed by atoms with E-state index in [1.54, 1.807) is 69.3 Å². The Bertz CT molecular complexity index is 1460. The highest BCUT2D eigenvalue weighted by Gasteiger charge is 2.42. The molecular formula is C25H23Cl2N3O4S. The van der Waals surface area contributed by atoms with Crippen molar-refractivity contribution in [2.75, 3.05) is 14.9 Å². The quantitative estimate of drug-likeness (QED) is 0.456. The Morgan fingerprint density at radius 1 is 1.00 bits per heavy atom. The van der Waals surface area contributed by atoms with Crippen LogP contribution in [-0.2, 0) is 19.6 Å². The summed E-state index contributed by atoms with van der Waals surface area (Å²) in [5.74, 6) is -1.13. The maximum absolute atomic E-state index is 14.0. The Kier molecular flexibility index (Phi) is 6.81. The number of rotatable bonds is 5. The summed E-state index contributed by atoms with van der Waals surface area (Å²) >= 11 is 12.2. The number of sulfonamides is 1. The molecule has 2 N–H and O–H groups in total. The molecule has 0 fully saturated rings. The van der Waals surface area contributed by atoms with E-state index in [4.69, 9.17) is 23.2 Å². The third kappa shape index (κ3) is 4.87. The fraction of sp³-hybridized carbons (Fsp3) is 0.200. The van der Waals surface area contributed by atoms with Gasteiger partial charge in [-0.15, -0.1) is 0 Å². The molecule has 3 aromatic rings. The summed E-state index contributed by atoms with van der Waals surface area (Å²) < 4.78 is 29.0. The maximum Gasteiger partial charge on any atom is 0.265 e. The van der Waals surface area contributed by atoms with Gasteiger partial charge >= 0.3 is 0 Å². The summed E-state index contributed by atoms with van der Waals surface area (Å²) in [6.07, 6.45) is -0.406. The fourth-order valence-electron chi connectivity index (χ4n) is 3.98. The van der Waals surface area contributed by atoms with Crippen molar-refractivity contribution in [3.05, 3.63) is 81.3 Å². The van der Waals surface area contributed by atoms with Crippen LogP contribution in [0.25, 0.3) is 0 Å². The number of anilines is 3. The van der Waals surface area contributed by atoms with Crippen LogP contribution in [0.2, 0.25) is 10.0 Å². The lowest BCUT2D eigenvalue weighted by Crippen LogP contribution is -2.52. The summed E-state index contributed by atoms with van der Waals surface area (Å²) in [6, 6.07) is 13.4. The van der Waals surface area contributed by atoms with Crippen molar-refractivity contribution in [2.45, 2.75) is 38.1 Å². The molecule has 10 heteroatoms. The smallest absolute Gasteiger partial charge is 0.265 e.